The van der Waals surface area contributed by atoms with Crippen LogP contribution in [0.1, 0.15) is 0 Å². The van der Waals surface area contributed by atoms with Crippen molar-refractivity contribution in [2.24, 2.45) is 0 Å². The van der Waals surface area contributed by atoms with Crippen LogP contribution < -0.4 is 4.74 Å². The number of phenolic OH excluding ortho intramolecular Hbond substituents is 1. The lowest BCUT2D eigenvalue weighted by molar-refractivity contribution is 0.415. The van der Waals surface area contributed by atoms with Gasteiger partial charge in [0.1, 0.15) is 16.5 Å². The number of pyridine rings is 1. The minimum Gasteiger partial charge on any atom is -0.507 e. The van der Waals surface area contributed by atoms with Gasteiger partial charge >= 0.3 is 0 Å². The van der Waals surface area contributed by atoms with Gasteiger partial charge in [0.2, 0.25) is 0 Å². The SMILES string of the molecule is COc1ccc2ccnc(Sc3ccccc3O)c2c1. The fraction of sp³-hybridized carbons (Fsp3) is 0.0625. The van der Waals surface area contributed by atoms with Crippen LogP contribution in [-0.4, -0.2) is 17.2 Å². The Morgan fingerprint density at radius 3 is 2.75 bits per heavy atom. The van der Waals surface area contributed by atoms with Gasteiger partial charge in [0, 0.05) is 11.6 Å². The largest absolute Gasteiger partial charge is 0.507 e. The van der Waals surface area contributed by atoms with Gasteiger partial charge in [-0.25, -0.2) is 4.98 Å². The predicted octanol–water partition coefficient (Wildman–Crippen LogP) is 4.10. The van der Waals surface area contributed by atoms with E-state index in [1.807, 2.05) is 36.4 Å². The average molecular weight is 283 g/mol. The highest BCUT2D eigenvalue weighted by molar-refractivity contribution is 7.99. The molecule has 0 aliphatic heterocycles. The lowest BCUT2D eigenvalue weighted by Crippen LogP contribution is -1.86. The number of hydrogen-bond acceptors (Lipinski definition) is 4. The van der Waals surface area contributed by atoms with E-state index in [0.717, 1.165) is 26.4 Å². The maximum absolute atomic E-state index is 9.87. The predicted molar refractivity (Wildman–Crippen MR) is 80.5 cm³/mol. The summed E-state index contributed by atoms with van der Waals surface area (Å²) in [6.07, 6.45) is 1.77. The molecule has 0 radical (unpaired) electrons. The number of hydrogen-bond donors (Lipinski definition) is 1. The topological polar surface area (TPSA) is 42.4 Å². The molecule has 20 heavy (non-hydrogen) atoms. The van der Waals surface area contributed by atoms with Crippen molar-refractivity contribution in [1.29, 1.82) is 0 Å². The van der Waals surface area contributed by atoms with Crippen molar-refractivity contribution in [2.45, 2.75) is 9.92 Å². The zero-order valence-electron chi connectivity index (χ0n) is 10.9. The van der Waals surface area contributed by atoms with Crippen LogP contribution >= 0.6 is 11.8 Å². The van der Waals surface area contributed by atoms with Crippen LogP contribution in [0.2, 0.25) is 0 Å². The van der Waals surface area contributed by atoms with Crippen molar-refractivity contribution in [3.8, 4) is 11.5 Å². The van der Waals surface area contributed by atoms with E-state index in [2.05, 4.69) is 4.98 Å². The normalized spacial score (nSPS) is 10.7. The smallest absolute Gasteiger partial charge is 0.129 e. The van der Waals surface area contributed by atoms with E-state index in [1.165, 1.54) is 11.8 Å². The fourth-order valence-corrected chi connectivity index (χ4v) is 2.90. The number of phenols is 1. The number of aromatic nitrogens is 1. The van der Waals surface area contributed by atoms with Crippen molar-refractivity contribution < 1.29 is 9.84 Å². The average Bonchev–Trinajstić information content (AvgIpc) is 2.49. The number of para-hydroxylation sites is 1. The van der Waals surface area contributed by atoms with Crippen LogP contribution in [0.5, 0.6) is 11.5 Å². The highest BCUT2D eigenvalue weighted by atomic mass is 32.2. The maximum atomic E-state index is 9.87. The second kappa shape index (κ2) is 5.43. The second-order valence-electron chi connectivity index (χ2n) is 4.27. The molecule has 0 aliphatic rings. The molecule has 0 atom stereocenters. The third-order valence-electron chi connectivity index (χ3n) is 3.01. The van der Waals surface area contributed by atoms with Crippen molar-refractivity contribution in [1.82, 2.24) is 4.98 Å². The maximum Gasteiger partial charge on any atom is 0.129 e. The molecule has 100 valence electrons. The summed E-state index contributed by atoms with van der Waals surface area (Å²) >= 11 is 1.45. The number of ether oxygens (including phenoxy) is 1. The monoisotopic (exact) mass is 283 g/mol. The number of rotatable bonds is 3. The third kappa shape index (κ3) is 2.42. The van der Waals surface area contributed by atoms with E-state index in [-0.39, 0.29) is 5.75 Å². The zero-order valence-corrected chi connectivity index (χ0v) is 11.7. The first kappa shape index (κ1) is 12.8. The number of aromatic hydroxyl groups is 1. The fourth-order valence-electron chi connectivity index (χ4n) is 1.98. The van der Waals surface area contributed by atoms with Gasteiger partial charge in [-0.1, -0.05) is 30.0 Å². The van der Waals surface area contributed by atoms with Gasteiger partial charge in [-0.3, -0.25) is 0 Å². The Morgan fingerprint density at radius 2 is 1.95 bits per heavy atom. The third-order valence-corrected chi connectivity index (χ3v) is 4.09. The molecule has 0 bridgehead atoms. The lowest BCUT2D eigenvalue weighted by atomic mass is 10.2. The Labute approximate surface area is 121 Å². The quantitative estimate of drug-likeness (QED) is 0.786. The van der Waals surface area contributed by atoms with Crippen LogP contribution in [0.15, 0.2) is 64.6 Å². The van der Waals surface area contributed by atoms with Crippen LogP contribution in [0.25, 0.3) is 10.8 Å². The highest BCUT2D eigenvalue weighted by Gasteiger charge is 2.08. The van der Waals surface area contributed by atoms with Gasteiger partial charge in [-0.2, -0.15) is 0 Å². The summed E-state index contributed by atoms with van der Waals surface area (Å²) in [5, 5.41) is 12.8. The molecular weight excluding hydrogens is 270 g/mol. The van der Waals surface area contributed by atoms with Gasteiger partial charge < -0.3 is 9.84 Å². The van der Waals surface area contributed by atoms with Crippen LogP contribution in [0.3, 0.4) is 0 Å². The standard InChI is InChI=1S/C16H13NO2S/c1-19-12-7-6-11-8-9-17-16(13(11)10-12)20-15-5-3-2-4-14(15)18/h2-10,18H,1H3. The van der Waals surface area contributed by atoms with Crippen molar-refractivity contribution in [3.63, 3.8) is 0 Å². The summed E-state index contributed by atoms with van der Waals surface area (Å²) in [6.45, 7) is 0. The molecule has 1 heterocycles. The van der Waals surface area contributed by atoms with Gasteiger partial charge in [0.05, 0.1) is 12.0 Å². The van der Waals surface area contributed by atoms with Crippen molar-refractivity contribution >= 4 is 22.5 Å². The summed E-state index contributed by atoms with van der Waals surface area (Å²) in [4.78, 5) is 5.20. The minimum absolute atomic E-state index is 0.263. The molecule has 3 aromatic rings. The summed E-state index contributed by atoms with van der Waals surface area (Å²) < 4.78 is 5.26. The molecule has 3 nitrogen and oxygen atoms in total. The van der Waals surface area contributed by atoms with E-state index in [9.17, 15) is 5.11 Å². The molecular formula is C16H13NO2S. The zero-order chi connectivity index (χ0) is 13.9. The van der Waals surface area contributed by atoms with Crippen LogP contribution in [-0.2, 0) is 0 Å². The Hall–Kier alpha value is -2.20. The Morgan fingerprint density at radius 1 is 1.10 bits per heavy atom. The van der Waals surface area contributed by atoms with Crippen molar-refractivity contribution in [3.05, 3.63) is 54.7 Å². The molecule has 0 saturated carbocycles. The van der Waals surface area contributed by atoms with E-state index in [4.69, 9.17) is 4.74 Å². The van der Waals surface area contributed by atoms with Gasteiger partial charge in [-0.15, -0.1) is 0 Å². The van der Waals surface area contributed by atoms with Crippen LogP contribution in [0, 0.1) is 0 Å². The number of methoxy groups -OCH3 is 1. The number of benzene rings is 2. The second-order valence-corrected chi connectivity index (χ2v) is 5.30. The molecule has 0 aliphatic carbocycles. The number of nitrogens with zero attached hydrogens (tertiary/aromatic N) is 1. The first-order chi connectivity index (χ1) is 9.78. The first-order valence-electron chi connectivity index (χ1n) is 6.16. The molecule has 0 fully saturated rings. The van der Waals surface area contributed by atoms with Crippen LogP contribution in [0.4, 0.5) is 0 Å². The Kier molecular flexibility index (Phi) is 3.48. The molecule has 0 saturated heterocycles. The van der Waals surface area contributed by atoms with E-state index >= 15 is 0 Å². The molecule has 1 N–H and O–H groups in total. The molecule has 3 rings (SSSR count). The summed E-state index contributed by atoms with van der Waals surface area (Å²) in [5.41, 5.74) is 0. The Bertz CT molecular complexity index is 758. The molecule has 2 aromatic carbocycles. The molecule has 1 aromatic heterocycles. The minimum atomic E-state index is 0.263. The molecule has 0 amide bonds. The lowest BCUT2D eigenvalue weighted by Gasteiger charge is -2.08. The van der Waals surface area contributed by atoms with E-state index in [1.54, 1.807) is 25.4 Å². The highest BCUT2D eigenvalue weighted by Crippen LogP contribution is 2.37. The number of fused-ring (bicyclic) bond motifs is 1. The van der Waals surface area contributed by atoms with E-state index in [0.29, 0.717) is 0 Å². The first-order valence-corrected chi connectivity index (χ1v) is 6.98. The molecule has 0 unspecified atom stereocenters. The molecule has 4 heteroatoms. The van der Waals surface area contributed by atoms with Gasteiger partial charge in [0.15, 0.2) is 0 Å². The van der Waals surface area contributed by atoms with Gasteiger partial charge in [-0.05, 0) is 35.7 Å². The summed E-state index contributed by atoms with van der Waals surface area (Å²) in [5.74, 6) is 1.06. The van der Waals surface area contributed by atoms with E-state index < -0.39 is 0 Å². The van der Waals surface area contributed by atoms with Crippen molar-refractivity contribution in [2.75, 3.05) is 7.11 Å². The Balaban J connectivity index is 2.09. The van der Waals surface area contributed by atoms with Gasteiger partial charge in [0.25, 0.3) is 0 Å². The summed E-state index contributed by atoms with van der Waals surface area (Å²) in [6, 6.07) is 15.1. The summed E-state index contributed by atoms with van der Waals surface area (Å²) in [7, 11) is 1.65. The molecule has 0 spiro atoms.